The van der Waals surface area contributed by atoms with Crippen LogP contribution < -0.4 is 0 Å². The first-order chi connectivity index (χ1) is 11.3. The van der Waals surface area contributed by atoms with E-state index in [-0.39, 0.29) is 0 Å². The van der Waals surface area contributed by atoms with Crippen molar-refractivity contribution >= 4 is 11.0 Å². The zero-order valence-electron chi connectivity index (χ0n) is 14.0. The minimum absolute atomic E-state index is 1.03. The normalized spacial score (nSPS) is 14.2. The molecule has 1 aliphatic rings. The van der Waals surface area contributed by atoms with Crippen LogP contribution in [-0.2, 0) is 25.7 Å². The third kappa shape index (κ3) is 2.37. The molecule has 0 N–H and O–H groups in total. The highest BCUT2D eigenvalue weighted by atomic mass is 16.3. The van der Waals surface area contributed by atoms with E-state index in [1.807, 2.05) is 6.20 Å². The molecule has 0 amide bonds. The fraction of sp³-hybridized carbons (Fsp3) is 0.381. The molecule has 1 aromatic carbocycles. The van der Waals surface area contributed by atoms with Gasteiger partial charge in [-0.15, -0.1) is 0 Å². The Kier molecular flexibility index (Phi) is 3.68. The number of para-hydroxylation sites is 1. The van der Waals surface area contributed by atoms with E-state index in [1.54, 1.807) is 0 Å². The SMILES string of the molecule is CCc1cnc(-c2cccc3c4c(oc23)CCCC4)cc1CC. The van der Waals surface area contributed by atoms with Gasteiger partial charge in [0, 0.05) is 29.1 Å². The lowest BCUT2D eigenvalue weighted by atomic mass is 9.95. The second-order valence-electron chi connectivity index (χ2n) is 6.44. The number of aryl methyl sites for hydroxylation is 4. The molecule has 0 unspecified atom stereocenters. The monoisotopic (exact) mass is 305 g/mol. The van der Waals surface area contributed by atoms with Crippen LogP contribution in [-0.4, -0.2) is 4.98 Å². The van der Waals surface area contributed by atoms with Crippen molar-refractivity contribution < 1.29 is 4.42 Å². The first kappa shape index (κ1) is 14.5. The molecule has 2 nitrogen and oxygen atoms in total. The number of aromatic nitrogens is 1. The van der Waals surface area contributed by atoms with Crippen LogP contribution in [0.5, 0.6) is 0 Å². The molecule has 0 atom stereocenters. The first-order valence-electron chi connectivity index (χ1n) is 8.83. The van der Waals surface area contributed by atoms with Gasteiger partial charge in [0.05, 0.1) is 5.69 Å². The number of benzene rings is 1. The van der Waals surface area contributed by atoms with Crippen LogP contribution in [0, 0.1) is 0 Å². The number of furan rings is 1. The average molecular weight is 305 g/mol. The Morgan fingerprint density at radius 1 is 1.04 bits per heavy atom. The molecule has 0 aliphatic heterocycles. The highest BCUT2D eigenvalue weighted by molar-refractivity contribution is 5.94. The van der Waals surface area contributed by atoms with E-state index in [1.165, 1.54) is 40.7 Å². The van der Waals surface area contributed by atoms with Gasteiger partial charge < -0.3 is 4.42 Å². The van der Waals surface area contributed by atoms with Gasteiger partial charge in [-0.3, -0.25) is 4.98 Å². The molecular formula is C21H23NO. The maximum atomic E-state index is 6.27. The molecule has 2 heterocycles. The summed E-state index contributed by atoms with van der Waals surface area (Å²) in [6, 6.07) is 8.73. The van der Waals surface area contributed by atoms with Crippen molar-refractivity contribution in [2.24, 2.45) is 0 Å². The number of nitrogens with zero attached hydrogens (tertiary/aromatic N) is 1. The van der Waals surface area contributed by atoms with E-state index < -0.39 is 0 Å². The van der Waals surface area contributed by atoms with Gasteiger partial charge in [0.2, 0.25) is 0 Å². The summed E-state index contributed by atoms with van der Waals surface area (Å²) in [6.45, 7) is 4.40. The van der Waals surface area contributed by atoms with Crippen molar-refractivity contribution in [3.8, 4) is 11.3 Å². The van der Waals surface area contributed by atoms with Gasteiger partial charge in [0.1, 0.15) is 11.3 Å². The molecule has 2 heteroatoms. The minimum atomic E-state index is 1.03. The number of pyridine rings is 1. The summed E-state index contributed by atoms with van der Waals surface area (Å²) < 4.78 is 6.27. The highest BCUT2D eigenvalue weighted by Crippen LogP contribution is 2.37. The minimum Gasteiger partial charge on any atom is -0.460 e. The van der Waals surface area contributed by atoms with Crippen molar-refractivity contribution in [3.63, 3.8) is 0 Å². The molecule has 3 aromatic rings. The number of hydrogen-bond donors (Lipinski definition) is 0. The molecule has 0 saturated carbocycles. The Bertz CT molecular complexity index is 860. The second kappa shape index (κ2) is 5.84. The Morgan fingerprint density at radius 2 is 1.87 bits per heavy atom. The fourth-order valence-corrected chi connectivity index (χ4v) is 3.80. The van der Waals surface area contributed by atoms with Gasteiger partial charge >= 0.3 is 0 Å². The van der Waals surface area contributed by atoms with Crippen LogP contribution in [0.2, 0.25) is 0 Å². The van der Waals surface area contributed by atoms with Crippen molar-refractivity contribution in [2.75, 3.05) is 0 Å². The number of hydrogen-bond acceptors (Lipinski definition) is 2. The molecule has 2 aromatic heterocycles. The number of fused-ring (bicyclic) bond motifs is 3. The van der Waals surface area contributed by atoms with Crippen LogP contribution in [0.1, 0.15) is 49.1 Å². The van der Waals surface area contributed by atoms with Crippen LogP contribution in [0.3, 0.4) is 0 Å². The molecule has 4 rings (SSSR count). The molecule has 0 fully saturated rings. The Hall–Kier alpha value is -2.09. The van der Waals surface area contributed by atoms with E-state index in [9.17, 15) is 0 Å². The third-order valence-corrected chi connectivity index (χ3v) is 5.10. The maximum Gasteiger partial charge on any atom is 0.143 e. The van der Waals surface area contributed by atoms with Gasteiger partial charge in [0.15, 0.2) is 0 Å². The van der Waals surface area contributed by atoms with Crippen LogP contribution in [0.15, 0.2) is 34.9 Å². The average Bonchev–Trinajstić information content (AvgIpc) is 3.00. The van der Waals surface area contributed by atoms with E-state index in [0.29, 0.717) is 0 Å². The third-order valence-electron chi connectivity index (χ3n) is 5.10. The molecular weight excluding hydrogens is 282 g/mol. The standard InChI is InChI=1S/C21H23NO/c1-3-14-12-19(22-13-15(14)4-2)18-10-7-9-17-16-8-5-6-11-20(16)23-21(17)18/h7,9-10,12-13H,3-6,8,11H2,1-2H3. The van der Waals surface area contributed by atoms with Gasteiger partial charge in [-0.2, -0.15) is 0 Å². The van der Waals surface area contributed by atoms with Gasteiger partial charge in [0.25, 0.3) is 0 Å². The van der Waals surface area contributed by atoms with Crippen molar-refractivity contribution in [1.29, 1.82) is 0 Å². The summed E-state index contributed by atoms with van der Waals surface area (Å²) in [4.78, 5) is 4.72. The van der Waals surface area contributed by atoms with E-state index in [2.05, 4.69) is 38.1 Å². The Labute approximate surface area is 137 Å². The van der Waals surface area contributed by atoms with Crippen LogP contribution in [0.4, 0.5) is 0 Å². The highest BCUT2D eigenvalue weighted by Gasteiger charge is 2.20. The van der Waals surface area contributed by atoms with Gasteiger partial charge in [-0.25, -0.2) is 0 Å². The van der Waals surface area contributed by atoms with Crippen molar-refractivity contribution in [1.82, 2.24) is 4.98 Å². The van der Waals surface area contributed by atoms with E-state index in [0.717, 1.165) is 42.5 Å². The van der Waals surface area contributed by atoms with Crippen LogP contribution in [0.25, 0.3) is 22.2 Å². The second-order valence-corrected chi connectivity index (χ2v) is 6.44. The quantitative estimate of drug-likeness (QED) is 0.638. The summed E-state index contributed by atoms with van der Waals surface area (Å²) in [5.74, 6) is 1.19. The predicted octanol–water partition coefficient (Wildman–Crippen LogP) is 5.50. The molecule has 0 spiro atoms. The van der Waals surface area contributed by atoms with Crippen LogP contribution >= 0.6 is 0 Å². The summed E-state index contributed by atoms with van der Waals surface area (Å²) in [5.41, 5.74) is 7.37. The predicted molar refractivity (Wildman–Crippen MR) is 94.8 cm³/mol. The molecule has 0 saturated heterocycles. The van der Waals surface area contributed by atoms with E-state index >= 15 is 0 Å². The summed E-state index contributed by atoms with van der Waals surface area (Å²) in [5, 5.41) is 1.29. The molecule has 23 heavy (non-hydrogen) atoms. The summed E-state index contributed by atoms with van der Waals surface area (Å²) in [7, 11) is 0. The molecule has 118 valence electrons. The maximum absolute atomic E-state index is 6.27. The lowest BCUT2D eigenvalue weighted by Crippen LogP contribution is -1.98. The summed E-state index contributed by atoms with van der Waals surface area (Å²) >= 11 is 0. The molecule has 1 aliphatic carbocycles. The fourth-order valence-electron chi connectivity index (χ4n) is 3.80. The molecule has 0 bridgehead atoms. The number of rotatable bonds is 3. The topological polar surface area (TPSA) is 26.0 Å². The zero-order chi connectivity index (χ0) is 15.8. The Balaban J connectivity index is 1.90. The summed E-state index contributed by atoms with van der Waals surface area (Å²) in [6.07, 6.45) is 8.86. The van der Waals surface area contributed by atoms with Crippen molar-refractivity contribution in [3.05, 3.63) is 52.9 Å². The largest absolute Gasteiger partial charge is 0.460 e. The van der Waals surface area contributed by atoms with Gasteiger partial charge in [-0.05, 0) is 55.4 Å². The zero-order valence-corrected chi connectivity index (χ0v) is 14.0. The van der Waals surface area contributed by atoms with Gasteiger partial charge in [-0.1, -0.05) is 26.0 Å². The lowest BCUT2D eigenvalue weighted by molar-refractivity contribution is 0.506. The Morgan fingerprint density at radius 3 is 2.70 bits per heavy atom. The van der Waals surface area contributed by atoms with E-state index in [4.69, 9.17) is 9.40 Å². The lowest BCUT2D eigenvalue weighted by Gasteiger charge is -2.09. The molecule has 0 radical (unpaired) electrons. The first-order valence-corrected chi connectivity index (χ1v) is 8.83. The smallest absolute Gasteiger partial charge is 0.143 e. The van der Waals surface area contributed by atoms with Crippen molar-refractivity contribution in [2.45, 2.75) is 52.4 Å².